The molecule has 0 aromatic heterocycles. The summed E-state index contributed by atoms with van der Waals surface area (Å²) < 4.78 is 19.3. The van der Waals surface area contributed by atoms with Crippen LogP contribution in [0.15, 0.2) is 24.3 Å². The van der Waals surface area contributed by atoms with Gasteiger partial charge in [0.2, 0.25) is 0 Å². The van der Waals surface area contributed by atoms with E-state index in [4.69, 9.17) is 4.74 Å². The van der Waals surface area contributed by atoms with Crippen LogP contribution in [0.2, 0.25) is 0 Å². The molecular formula is C22H26FNO4. The van der Waals surface area contributed by atoms with Crippen LogP contribution in [0.25, 0.3) is 0 Å². The van der Waals surface area contributed by atoms with Crippen molar-refractivity contribution in [1.29, 1.82) is 0 Å². The highest BCUT2D eigenvalue weighted by Gasteiger charge is 2.42. The molecule has 5 nitrogen and oxygen atoms in total. The van der Waals surface area contributed by atoms with Crippen LogP contribution < -0.4 is 0 Å². The molecule has 6 heteroatoms. The van der Waals surface area contributed by atoms with Crippen molar-refractivity contribution in [3.8, 4) is 0 Å². The SMILES string of the molecule is O=C(OCC(=O)N(Cc1ccccc1F)C1CC1)C1C[C@H]2CCC[C@@H](C1)C2=O. The second-order valence-corrected chi connectivity index (χ2v) is 8.35. The van der Waals surface area contributed by atoms with Gasteiger partial charge in [0.1, 0.15) is 11.6 Å². The lowest BCUT2D eigenvalue weighted by atomic mass is 9.67. The van der Waals surface area contributed by atoms with Crippen LogP contribution in [0.1, 0.15) is 50.5 Å². The summed E-state index contributed by atoms with van der Waals surface area (Å²) in [5.41, 5.74) is 0.465. The predicted molar refractivity (Wildman–Crippen MR) is 99.5 cm³/mol. The molecule has 150 valence electrons. The van der Waals surface area contributed by atoms with Crippen molar-refractivity contribution in [1.82, 2.24) is 4.90 Å². The van der Waals surface area contributed by atoms with Gasteiger partial charge in [0, 0.05) is 30.0 Å². The van der Waals surface area contributed by atoms with Gasteiger partial charge in [-0.15, -0.1) is 0 Å². The second-order valence-electron chi connectivity index (χ2n) is 8.35. The molecule has 1 aromatic rings. The highest BCUT2D eigenvalue weighted by Crippen LogP contribution is 2.40. The molecule has 4 rings (SSSR count). The standard InChI is InChI=1S/C22H26FNO4/c23-19-7-2-1-4-16(19)12-24(18-8-9-18)20(25)13-28-22(27)17-10-14-5-3-6-15(11-17)21(14)26/h1-2,4,7,14-15,17-18H,3,5-6,8-13H2/t14-,15+,17?. The molecule has 0 saturated heterocycles. The number of ether oxygens (including phenoxy) is 1. The van der Waals surface area contributed by atoms with Crippen LogP contribution >= 0.6 is 0 Å². The Kier molecular flexibility index (Phi) is 5.47. The third kappa shape index (κ3) is 4.10. The highest BCUT2D eigenvalue weighted by atomic mass is 19.1. The molecule has 2 bridgehead atoms. The van der Waals surface area contributed by atoms with Crippen molar-refractivity contribution in [2.45, 2.75) is 57.5 Å². The Hall–Kier alpha value is -2.24. The Balaban J connectivity index is 1.33. The topological polar surface area (TPSA) is 63.7 Å². The fraction of sp³-hybridized carbons (Fsp3) is 0.591. The van der Waals surface area contributed by atoms with E-state index < -0.39 is 0 Å². The molecule has 0 N–H and O–H groups in total. The number of halogens is 1. The molecule has 28 heavy (non-hydrogen) atoms. The minimum absolute atomic E-state index is 0.0234. The van der Waals surface area contributed by atoms with Gasteiger partial charge in [-0.3, -0.25) is 14.4 Å². The summed E-state index contributed by atoms with van der Waals surface area (Å²) in [6, 6.07) is 6.51. The summed E-state index contributed by atoms with van der Waals surface area (Å²) in [5, 5.41) is 0. The molecule has 3 fully saturated rings. The van der Waals surface area contributed by atoms with E-state index in [0.29, 0.717) is 24.2 Å². The smallest absolute Gasteiger partial charge is 0.309 e. The van der Waals surface area contributed by atoms with Crippen LogP contribution in [0.4, 0.5) is 4.39 Å². The number of rotatable bonds is 6. The number of benzene rings is 1. The number of carbonyl (C=O) groups excluding carboxylic acids is 3. The monoisotopic (exact) mass is 387 g/mol. The molecule has 0 heterocycles. The number of esters is 1. The van der Waals surface area contributed by atoms with Crippen molar-refractivity contribution in [2.75, 3.05) is 6.61 Å². The van der Waals surface area contributed by atoms with Gasteiger partial charge in [-0.2, -0.15) is 0 Å². The lowest BCUT2D eigenvalue weighted by Crippen LogP contribution is -2.41. The number of carbonyl (C=O) groups is 3. The van der Waals surface area contributed by atoms with Gasteiger partial charge in [-0.25, -0.2) is 4.39 Å². The Bertz CT molecular complexity index is 760. The largest absolute Gasteiger partial charge is 0.455 e. The summed E-state index contributed by atoms with van der Waals surface area (Å²) in [6.45, 7) is -0.126. The maximum Gasteiger partial charge on any atom is 0.309 e. The molecule has 0 spiro atoms. The normalized spacial score (nSPS) is 26.6. The minimum atomic E-state index is -0.376. The van der Waals surface area contributed by atoms with Gasteiger partial charge in [0.05, 0.1) is 5.92 Å². The molecule has 3 atom stereocenters. The summed E-state index contributed by atoms with van der Waals surface area (Å²) in [7, 11) is 0. The third-order valence-electron chi connectivity index (χ3n) is 6.33. The summed E-state index contributed by atoms with van der Waals surface area (Å²) in [6.07, 6.45) is 5.64. The van der Waals surface area contributed by atoms with E-state index in [9.17, 15) is 18.8 Å². The highest BCUT2D eigenvalue weighted by molar-refractivity contribution is 5.88. The predicted octanol–water partition coefficient (Wildman–Crippen LogP) is 3.26. The zero-order valence-electron chi connectivity index (χ0n) is 15.9. The van der Waals surface area contributed by atoms with Crippen LogP contribution in [0, 0.1) is 23.6 Å². The Morgan fingerprint density at radius 1 is 1.07 bits per heavy atom. The summed E-state index contributed by atoms with van der Waals surface area (Å²) >= 11 is 0. The number of Topliss-reactive ketones (excluding diaryl/α,β-unsaturated/α-hetero) is 1. The minimum Gasteiger partial charge on any atom is -0.455 e. The fourth-order valence-electron chi connectivity index (χ4n) is 4.62. The van der Waals surface area contributed by atoms with E-state index in [0.717, 1.165) is 32.1 Å². The Morgan fingerprint density at radius 3 is 2.39 bits per heavy atom. The van der Waals surface area contributed by atoms with Gasteiger partial charge in [0.25, 0.3) is 5.91 Å². The lowest BCUT2D eigenvalue weighted by Gasteiger charge is -2.36. The van der Waals surface area contributed by atoms with Gasteiger partial charge >= 0.3 is 5.97 Å². The van der Waals surface area contributed by atoms with Crippen LogP contribution in [0.5, 0.6) is 0 Å². The van der Waals surface area contributed by atoms with Crippen LogP contribution in [-0.2, 0) is 25.7 Å². The average molecular weight is 387 g/mol. The average Bonchev–Trinajstić information content (AvgIpc) is 3.50. The van der Waals surface area contributed by atoms with Gasteiger partial charge < -0.3 is 9.64 Å². The van der Waals surface area contributed by atoms with Crippen LogP contribution in [0.3, 0.4) is 0 Å². The number of amides is 1. The lowest BCUT2D eigenvalue weighted by molar-refractivity contribution is -0.159. The molecule has 3 aliphatic rings. The molecule has 3 aliphatic carbocycles. The Labute approximate surface area is 164 Å². The first-order chi connectivity index (χ1) is 13.5. The first-order valence-corrected chi connectivity index (χ1v) is 10.3. The summed E-state index contributed by atoms with van der Waals surface area (Å²) in [4.78, 5) is 38.9. The van der Waals surface area contributed by atoms with Crippen molar-refractivity contribution < 1.29 is 23.5 Å². The van der Waals surface area contributed by atoms with Gasteiger partial charge in [-0.05, 0) is 44.6 Å². The van der Waals surface area contributed by atoms with Crippen molar-refractivity contribution >= 4 is 17.7 Å². The molecule has 0 aliphatic heterocycles. The van der Waals surface area contributed by atoms with E-state index in [1.165, 1.54) is 6.07 Å². The second kappa shape index (κ2) is 8.02. The summed E-state index contributed by atoms with van der Waals surface area (Å²) in [5.74, 6) is -1.03. The first-order valence-electron chi connectivity index (χ1n) is 10.3. The molecule has 1 aromatic carbocycles. The maximum absolute atomic E-state index is 13.9. The van der Waals surface area contributed by atoms with E-state index in [1.54, 1.807) is 23.1 Å². The number of hydrogen-bond acceptors (Lipinski definition) is 4. The number of hydrogen-bond donors (Lipinski definition) is 0. The maximum atomic E-state index is 13.9. The van der Waals surface area contributed by atoms with Gasteiger partial charge in [-0.1, -0.05) is 24.6 Å². The Morgan fingerprint density at radius 2 is 1.75 bits per heavy atom. The van der Waals surface area contributed by atoms with Crippen LogP contribution in [-0.4, -0.2) is 35.2 Å². The number of fused-ring (bicyclic) bond motifs is 2. The number of ketones is 1. The molecule has 0 radical (unpaired) electrons. The van der Waals surface area contributed by atoms with E-state index in [1.807, 2.05) is 0 Å². The molecule has 1 unspecified atom stereocenters. The third-order valence-corrected chi connectivity index (χ3v) is 6.33. The van der Waals surface area contributed by atoms with E-state index >= 15 is 0 Å². The van der Waals surface area contributed by atoms with Crippen molar-refractivity contribution in [2.24, 2.45) is 17.8 Å². The van der Waals surface area contributed by atoms with E-state index in [-0.39, 0.29) is 54.6 Å². The number of nitrogens with zero attached hydrogens (tertiary/aromatic N) is 1. The zero-order valence-corrected chi connectivity index (χ0v) is 15.9. The molecule has 1 amide bonds. The molecular weight excluding hydrogens is 361 g/mol. The van der Waals surface area contributed by atoms with E-state index in [2.05, 4.69) is 0 Å². The van der Waals surface area contributed by atoms with Crippen molar-refractivity contribution in [3.63, 3.8) is 0 Å². The fourth-order valence-corrected chi connectivity index (χ4v) is 4.62. The molecule has 3 saturated carbocycles. The quantitative estimate of drug-likeness (QED) is 0.703. The first kappa shape index (κ1) is 19.1. The van der Waals surface area contributed by atoms with Crippen molar-refractivity contribution in [3.05, 3.63) is 35.6 Å². The zero-order chi connectivity index (χ0) is 19.7. The van der Waals surface area contributed by atoms with Gasteiger partial charge in [0.15, 0.2) is 6.61 Å².